The summed E-state index contributed by atoms with van der Waals surface area (Å²) in [5.74, 6) is 0. The Kier molecular flexibility index (Phi) is 5.26. The van der Waals surface area contributed by atoms with E-state index < -0.39 is 0 Å². The van der Waals surface area contributed by atoms with Gasteiger partial charge in [0.2, 0.25) is 0 Å². The first-order valence-electron chi connectivity index (χ1n) is 4.17. The van der Waals surface area contributed by atoms with E-state index in [9.17, 15) is 0 Å². The number of hydrogen-bond acceptors (Lipinski definition) is 8. The fraction of sp³-hybridized carbons (Fsp3) is 0. The largest absolute Gasteiger partial charge is 0.230 e. The quantitative estimate of drug-likeness (QED) is 0.471. The van der Waals surface area contributed by atoms with Crippen molar-refractivity contribution in [1.82, 2.24) is 19.9 Å². The van der Waals surface area contributed by atoms with Gasteiger partial charge in [0, 0.05) is 24.8 Å². The number of nitrogens with zero attached hydrogens (tertiary/aromatic N) is 4. The van der Waals surface area contributed by atoms with E-state index >= 15 is 0 Å². The average Bonchev–Trinajstić information content (AvgIpc) is 2.37. The van der Waals surface area contributed by atoms with Crippen molar-refractivity contribution in [3.05, 3.63) is 36.9 Å². The molecule has 0 bridgehead atoms. The second-order valence-corrected chi connectivity index (χ2v) is 7.97. The van der Waals surface area contributed by atoms with Gasteiger partial charge in [0.15, 0.2) is 10.3 Å². The maximum absolute atomic E-state index is 4.10. The highest BCUT2D eigenvalue weighted by Gasteiger charge is 2.00. The zero-order valence-electron chi connectivity index (χ0n) is 7.89. The van der Waals surface area contributed by atoms with Gasteiger partial charge in [-0.25, -0.2) is 19.9 Å². The standard InChI is InChI=1S/C8H6N4S4/c1-3-9-7(10-4-1)13-15-16-14-8-11-5-2-6-12-8/h1-6H. The summed E-state index contributed by atoms with van der Waals surface area (Å²) in [6.45, 7) is 0. The average molecular weight is 286 g/mol. The molecule has 0 amide bonds. The molecule has 0 unspecified atom stereocenters. The predicted octanol–water partition coefficient (Wildman–Crippen LogP) is 3.36. The third kappa shape index (κ3) is 4.20. The van der Waals surface area contributed by atoms with E-state index in [2.05, 4.69) is 19.9 Å². The minimum Gasteiger partial charge on any atom is -0.230 e. The van der Waals surface area contributed by atoms with Crippen molar-refractivity contribution < 1.29 is 0 Å². The lowest BCUT2D eigenvalue weighted by atomic mass is 10.7. The Morgan fingerprint density at radius 1 is 0.625 bits per heavy atom. The van der Waals surface area contributed by atoms with E-state index in [1.807, 2.05) is 0 Å². The molecule has 0 aliphatic rings. The zero-order chi connectivity index (χ0) is 11.1. The molecule has 0 saturated heterocycles. The van der Waals surface area contributed by atoms with Crippen molar-refractivity contribution in [2.45, 2.75) is 10.3 Å². The monoisotopic (exact) mass is 286 g/mol. The summed E-state index contributed by atoms with van der Waals surface area (Å²) in [4.78, 5) is 16.4. The van der Waals surface area contributed by atoms with Crippen LogP contribution in [0.2, 0.25) is 0 Å². The zero-order valence-corrected chi connectivity index (χ0v) is 11.2. The van der Waals surface area contributed by atoms with Gasteiger partial charge in [-0.3, -0.25) is 0 Å². The first kappa shape index (κ1) is 12.0. The lowest BCUT2D eigenvalue weighted by Gasteiger charge is -1.97. The van der Waals surface area contributed by atoms with Crippen molar-refractivity contribution in [2.24, 2.45) is 0 Å². The Morgan fingerprint density at radius 3 is 1.38 bits per heavy atom. The summed E-state index contributed by atoms with van der Waals surface area (Å²) in [7, 11) is 6.23. The highest BCUT2D eigenvalue weighted by Crippen LogP contribution is 2.47. The predicted molar refractivity (Wildman–Crippen MR) is 71.0 cm³/mol. The van der Waals surface area contributed by atoms with Gasteiger partial charge in [0.1, 0.15) is 0 Å². The second kappa shape index (κ2) is 7.00. The van der Waals surface area contributed by atoms with Crippen molar-refractivity contribution in [3.8, 4) is 0 Å². The van der Waals surface area contributed by atoms with Crippen LogP contribution in [0.5, 0.6) is 0 Å². The Labute approximate surface area is 108 Å². The third-order valence-electron chi connectivity index (χ3n) is 1.33. The fourth-order valence-corrected chi connectivity index (χ4v) is 5.48. The molecule has 2 aromatic rings. The van der Waals surface area contributed by atoms with Crippen molar-refractivity contribution in [1.29, 1.82) is 0 Å². The highest BCUT2D eigenvalue weighted by molar-refractivity contribution is 9.26. The van der Waals surface area contributed by atoms with Crippen molar-refractivity contribution >= 4 is 41.2 Å². The molecule has 2 heterocycles. The van der Waals surface area contributed by atoms with Crippen LogP contribution in [0.3, 0.4) is 0 Å². The molecule has 0 spiro atoms. The van der Waals surface area contributed by atoms with Crippen LogP contribution in [0.25, 0.3) is 0 Å². The molecule has 0 aromatic carbocycles. The molecule has 4 nitrogen and oxygen atoms in total. The minimum atomic E-state index is 0.759. The van der Waals surface area contributed by atoms with E-state index in [4.69, 9.17) is 0 Å². The molecule has 2 aromatic heterocycles. The fourth-order valence-electron chi connectivity index (χ4n) is 0.746. The Bertz CT molecular complexity index is 371. The molecule has 0 fully saturated rings. The minimum absolute atomic E-state index is 0.759. The Balaban J connectivity index is 1.70. The summed E-state index contributed by atoms with van der Waals surface area (Å²) in [5, 5.41) is 1.52. The number of hydrogen-bond donors (Lipinski definition) is 0. The molecule has 8 heteroatoms. The summed E-state index contributed by atoms with van der Waals surface area (Å²) >= 11 is 0. The SMILES string of the molecule is c1cnc(SSSSc2ncccn2)nc1. The molecule has 0 aliphatic heterocycles. The van der Waals surface area contributed by atoms with Crippen LogP contribution in [0.4, 0.5) is 0 Å². The molecule has 82 valence electrons. The molecule has 0 aliphatic carbocycles. The lowest BCUT2D eigenvalue weighted by molar-refractivity contribution is 0.973. The van der Waals surface area contributed by atoms with Gasteiger partial charge in [-0.2, -0.15) is 0 Å². The number of aromatic nitrogens is 4. The highest BCUT2D eigenvalue weighted by atomic mass is 33.7. The van der Waals surface area contributed by atoms with Gasteiger partial charge in [0.25, 0.3) is 0 Å². The normalized spacial score (nSPS) is 10.2. The summed E-state index contributed by atoms with van der Waals surface area (Å²) < 4.78 is 0. The maximum atomic E-state index is 4.10. The molecule has 0 atom stereocenters. The van der Waals surface area contributed by atoms with E-state index in [-0.39, 0.29) is 0 Å². The Morgan fingerprint density at radius 2 is 1.00 bits per heavy atom. The van der Waals surface area contributed by atoms with Gasteiger partial charge < -0.3 is 0 Å². The number of rotatable bonds is 5. The first-order valence-corrected chi connectivity index (χ1v) is 8.99. The van der Waals surface area contributed by atoms with E-state index in [0.29, 0.717) is 0 Å². The summed E-state index contributed by atoms with van der Waals surface area (Å²) in [6.07, 6.45) is 6.92. The first-order chi connectivity index (χ1) is 7.95. The van der Waals surface area contributed by atoms with Crippen LogP contribution >= 0.6 is 41.2 Å². The van der Waals surface area contributed by atoms with Gasteiger partial charge in [0.05, 0.1) is 0 Å². The van der Waals surface area contributed by atoms with Crippen LogP contribution in [-0.2, 0) is 0 Å². The van der Waals surface area contributed by atoms with Crippen molar-refractivity contribution in [2.75, 3.05) is 0 Å². The van der Waals surface area contributed by atoms with Gasteiger partial charge in [-0.15, -0.1) is 0 Å². The molecular formula is C8H6N4S4. The summed E-state index contributed by atoms with van der Waals surface area (Å²) in [6, 6.07) is 3.60. The maximum Gasteiger partial charge on any atom is 0.199 e. The third-order valence-corrected chi connectivity index (χ3v) is 6.93. The van der Waals surface area contributed by atoms with Crippen LogP contribution in [0, 0.1) is 0 Å². The molecule has 2 rings (SSSR count). The molecule has 0 N–H and O–H groups in total. The van der Waals surface area contributed by atoms with Crippen LogP contribution in [0.1, 0.15) is 0 Å². The van der Waals surface area contributed by atoms with Crippen LogP contribution in [-0.4, -0.2) is 19.9 Å². The summed E-state index contributed by atoms with van der Waals surface area (Å²) in [5.41, 5.74) is 0. The lowest BCUT2D eigenvalue weighted by Crippen LogP contribution is -1.79. The van der Waals surface area contributed by atoms with Gasteiger partial charge in [-0.1, -0.05) is 0 Å². The van der Waals surface area contributed by atoms with E-state index in [1.165, 1.54) is 21.6 Å². The van der Waals surface area contributed by atoms with Crippen molar-refractivity contribution in [3.63, 3.8) is 0 Å². The van der Waals surface area contributed by atoms with Gasteiger partial charge in [-0.05, 0) is 53.4 Å². The molecule has 16 heavy (non-hydrogen) atoms. The molecular weight excluding hydrogens is 280 g/mol. The molecule has 0 radical (unpaired) electrons. The second-order valence-electron chi connectivity index (χ2n) is 2.37. The topological polar surface area (TPSA) is 51.6 Å². The van der Waals surface area contributed by atoms with Crippen LogP contribution < -0.4 is 0 Å². The Hall–Kier alpha value is -0.440. The molecule has 0 saturated carbocycles. The van der Waals surface area contributed by atoms with Gasteiger partial charge >= 0.3 is 0 Å². The van der Waals surface area contributed by atoms with E-state index in [1.54, 1.807) is 56.6 Å². The van der Waals surface area contributed by atoms with E-state index in [0.717, 1.165) is 10.3 Å². The smallest absolute Gasteiger partial charge is 0.199 e. The van der Waals surface area contributed by atoms with Crippen LogP contribution in [0.15, 0.2) is 47.2 Å².